The van der Waals surface area contributed by atoms with E-state index in [1.54, 1.807) is 0 Å². The molecule has 0 heterocycles. The van der Waals surface area contributed by atoms with Crippen molar-refractivity contribution >= 4 is 11.9 Å². The number of rotatable bonds is 10. The molecule has 25 heavy (non-hydrogen) atoms. The van der Waals surface area contributed by atoms with Crippen LogP contribution in [0.25, 0.3) is 0 Å². The molecule has 0 aromatic rings. The minimum Gasteiger partial charge on any atom is -0.465 e. The molecule has 4 heteroatoms. The maximum Gasteiger partial charge on any atom is 0.330 e. The van der Waals surface area contributed by atoms with Gasteiger partial charge in [0.1, 0.15) is 0 Å². The van der Waals surface area contributed by atoms with Crippen LogP contribution in [0.4, 0.5) is 0 Å². The highest BCUT2D eigenvalue weighted by atomic mass is 16.5. The summed E-state index contributed by atoms with van der Waals surface area (Å²) in [6.07, 6.45) is 12.9. The van der Waals surface area contributed by atoms with Gasteiger partial charge in [0.15, 0.2) is 0 Å². The van der Waals surface area contributed by atoms with E-state index in [0.717, 1.165) is 25.3 Å². The van der Waals surface area contributed by atoms with Gasteiger partial charge in [-0.25, -0.2) is 4.79 Å². The Labute approximate surface area is 152 Å². The summed E-state index contributed by atoms with van der Waals surface area (Å²) in [4.78, 5) is 23.8. The first-order valence-electron chi connectivity index (χ1n) is 9.92. The van der Waals surface area contributed by atoms with Crippen LogP contribution in [0.2, 0.25) is 0 Å². The monoisotopic (exact) mass is 350 g/mol. The Morgan fingerprint density at radius 2 is 1.64 bits per heavy atom. The summed E-state index contributed by atoms with van der Waals surface area (Å²) >= 11 is 0. The fourth-order valence-electron chi connectivity index (χ4n) is 4.40. The van der Waals surface area contributed by atoms with Crippen molar-refractivity contribution in [2.45, 2.75) is 78.1 Å². The van der Waals surface area contributed by atoms with E-state index in [2.05, 4.69) is 13.5 Å². The molecule has 3 aliphatic rings. The SMILES string of the molecule is C=CC(=O)OC[C@H](C)COC(=O)C12CCC(CCCCC)(CC1)CC2. The highest BCUT2D eigenvalue weighted by Crippen LogP contribution is 2.59. The quantitative estimate of drug-likeness (QED) is 0.322. The van der Waals surface area contributed by atoms with Crippen LogP contribution in [0.5, 0.6) is 0 Å². The summed E-state index contributed by atoms with van der Waals surface area (Å²) < 4.78 is 10.6. The van der Waals surface area contributed by atoms with Gasteiger partial charge in [-0.1, -0.05) is 39.7 Å². The second-order valence-corrected chi connectivity index (χ2v) is 8.28. The van der Waals surface area contributed by atoms with Gasteiger partial charge in [0.2, 0.25) is 0 Å². The topological polar surface area (TPSA) is 52.6 Å². The average molecular weight is 350 g/mol. The number of fused-ring (bicyclic) bond motifs is 3. The summed E-state index contributed by atoms with van der Waals surface area (Å²) in [7, 11) is 0. The zero-order valence-corrected chi connectivity index (χ0v) is 16.0. The van der Waals surface area contributed by atoms with E-state index in [9.17, 15) is 9.59 Å². The Balaban J connectivity index is 1.76. The molecule has 0 spiro atoms. The minimum atomic E-state index is -0.434. The van der Waals surface area contributed by atoms with Crippen molar-refractivity contribution in [2.24, 2.45) is 16.7 Å². The Bertz CT molecular complexity index is 458. The molecule has 0 unspecified atom stereocenters. The summed E-state index contributed by atoms with van der Waals surface area (Å²) in [6, 6.07) is 0. The lowest BCUT2D eigenvalue weighted by Crippen LogP contribution is -2.46. The first kappa shape index (κ1) is 20.0. The van der Waals surface area contributed by atoms with Crippen LogP contribution in [-0.2, 0) is 19.1 Å². The van der Waals surface area contributed by atoms with Gasteiger partial charge in [-0.05, 0) is 50.4 Å². The normalized spacial score (nSPS) is 29.0. The third-order valence-electron chi connectivity index (χ3n) is 6.32. The largest absolute Gasteiger partial charge is 0.465 e. The first-order chi connectivity index (χ1) is 12.0. The molecule has 3 saturated carbocycles. The van der Waals surface area contributed by atoms with Crippen molar-refractivity contribution in [3.8, 4) is 0 Å². The molecule has 142 valence electrons. The Morgan fingerprint density at radius 3 is 2.20 bits per heavy atom. The van der Waals surface area contributed by atoms with E-state index in [1.165, 1.54) is 44.9 Å². The third-order valence-corrected chi connectivity index (χ3v) is 6.32. The molecular weight excluding hydrogens is 316 g/mol. The van der Waals surface area contributed by atoms with Gasteiger partial charge >= 0.3 is 11.9 Å². The van der Waals surface area contributed by atoms with Gasteiger partial charge in [-0.15, -0.1) is 0 Å². The fraction of sp³-hybridized carbons (Fsp3) is 0.810. The van der Waals surface area contributed by atoms with Gasteiger partial charge in [0.05, 0.1) is 18.6 Å². The highest BCUT2D eigenvalue weighted by Gasteiger charge is 2.52. The molecule has 0 aliphatic heterocycles. The molecule has 3 aliphatic carbocycles. The Hall–Kier alpha value is -1.32. The molecule has 3 rings (SSSR count). The summed E-state index contributed by atoms with van der Waals surface area (Å²) in [5.74, 6) is -0.462. The van der Waals surface area contributed by atoms with Crippen LogP contribution in [0.15, 0.2) is 12.7 Å². The number of hydrogen-bond acceptors (Lipinski definition) is 4. The van der Waals surface area contributed by atoms with Crippen LogP contribution in [0.1, 0.15) is 78.1 Å². The zero-order valence-electron chi connectivity index (χ0n) is 16.0. The van der Waals surface area contributed by atoms with Crippen molar-refractivity contribution < 1.29 is 19.1 Å². The van der Waals surface area contributed by atoms with Gasteiger partial charge in [-0.2, -0.15) is 0 Å². The predicted molar refractivity (Wildman–Crippen MR) is 98.0 cm³/mol. The lowest BCUT2D eigenvalue weighted by molar-refractivity contribution is -0.168. The van der Waals surface area contributed by atoms with Gasteiger partial charge in [0.25, 0.3) is 0 Å². The second kappa shape index (κ2) is 8.86. The first-order valence-corrected chi connectivity index (χ1v) is 9.92. The summed E-state index contributed by atoms with van der Waals surface area (Å²) in [5, 5.41) is 0. The van der Waals surface area contributed by atoms with Crippen LogP contribution in [0, 0.1) is 16.7 Å². The van der Waals surface area contributed by atoms with E-state index < -0.39 is 5.97 Å². The summed E-state index contributed by atoms with van der Waals surface area (Å²) in [6.45, 7) is 8.10. The van der Waals surface area contributed by atoms with Crippen molar-refractivity contribution in [2.75, 3.05) is 13.2 Å². The lowest BCUT2D eigenvalue weighted by Gasteiger charge is -2.52. The highest BCUT2D eigenvalue weighted by molar-refractivity contribution is 5.81. The third kappa shape index (κ3) is 5.08. The molecule has 0 N–H and O–H groups in total. The molecule has 0 aromatic heterocycles. The minimum absolute atomic E-state index is 0.00423. The molecule has 4 nitrogen and oxygen atoms in total. The molecule has 0 radical (unpaired) electrons. The maximum absolute atomic E-state index is 12.7. The Kier molecular flexibility index (Phi) is 7.09. The molecule has 1 atom stereocenters. The van der Waals surface area contributed by atoms with E-state index in [4.69, 9.17) is 9.47 Å². The van der Waals surface area contributed by atoms with Gasteiger partial charge < -0.3 is 9.47 Å². The fourth-order valence-corrected chi connectivity index (χ4v) is 4.40. The van der Waals surface area contributed by atoms with Gasteiger partial charge in [0, 0.05) is 12.0 Å². The summed E-state index contributed by atoms with van der Waals surface area (Å²) in [5.41, 5.74) is 0.257. The van der Waals surface area contributed by atoms with Crippen LogP contribution in [0.3, 0.4) is 0 Å². The van der Waals surface area contributed by atoms with Crippen molar-refractivity contribution in [1.82, 2.24) is 0 Å². The number of esters is 2. The lowest BCUT2D eigenvalue weighted by atomic mass is 9.52. The van der Waals surface area contributed by atoms with Crippen LogP contribution < -0.4 is 0 Å². The van der Waals surface area contributed by atoms with E-state index in [1.807, 2.05) is 6.92 Å². The number of carbonyl (C=O) groups is 2. The standard InChI is InChI=1S/C21H34O4/c1-4-6-7-8-20-9-12-21(13-10-20,14-11-20)19(23)25-16-17(3)15-24-18(22)5-2/h5,17H,2,4,6-16H2,1,3H3/t17-,20?,21?/m0/s1. The molecule has 3 fully saturated rings. The van der Waals surface area contributed by atoms with Gasteiger partial charge in [-0.3, -0.25) is 4.79 Å². The van der Waals surface area contributed by atoms with E-state index in [-0.39, 0.29) is 23.9 Å². The Morgan fingerprint density at radius 1 is 1.04 bits per heavy atom. The second-order valence-electron chi connectivity index (χ2n) is 8.28. The number of hydrogen-bond donors (Lipinski definition) is 0. The molecule has 2 bridgehead atoms. The smallest absolute Gasteiger partial charge is 0.330 e. The number of unbranched alkanes of at least 4 members (excludes halogenated alkanes) is 2. The number of carbonyl (C=O) groups excluding carboxylic acids is 2. The number of ether oxygens (including phenoxy) is 2. The van der Waals surface area contributed by atoms with Crippen molar-refractivity contribution in [3.63, 3.8) is 0 Å². The van der Waals surface area contributed by atoms with Crippen LogP contribution >= 0.6 is 0 Å². The molecule has 0 aromatic carbocycles. The molecule has 0 saturated heterocycles. The molecular formula is C21H34O4. The predicted octanol–water partition coefficient (Wildman–Crippen LogP) is 4.82. The average Bonchev–Trinajstić information content (AvgIpc) is 2.65. The van der Waals surface area contributed by atoms with E-state index in [0.29, 0.717) is 12.0 Å². The molecule has 0 amide bonds. The zero-order chi connectivity index (χ0) is 18.3. The van der Waals surface area contributed by atoms with Crippen molar-refractivity contribution in [1.29, 1.82) is 0 Å². The van der Waals surface area contributed by atoms with Crippen molar-refractivity contribution in [3.05, 3.63) is 12.7 Å². The van der Waals surface area contributed by atoms with E-state index >= 15 is 0 Å². The van der Waals surface area contributed by atoms with Crippen LogP contribution in [-0.4, -0.2) is 25.2 Å². The maximum atomic E-state index is 12.7.